The zero-order valence-electron chi connectivity index (χ0n) is 73.4. The maximum atomic E-state index is 16.3. The number of hydrogen-bond acceptors (Lipinski definition) is 12. The van der Waals surface area contributed by atoms with E-state index >= 15 is 17.6 Å². The van der Waals surface area contributed by atoms with Crippen molar-refractivity contribution in [1.29, 1.82) is 0 Å². The van der Waals surface area contributed by atoms with Crippen molar-refractivity contribution in [3.05, 3.63) is 276 Å². The molecule has 20 heteroatoms. The Labute approximate surface area is 783 Å². The normalized spacial score (nSPS) is 11.3. The molecule has 0 amide bonds. The quantitative estimate of drug-likeness (QED) is 0.0276. The zero-order valence-corrected chi connectivity index (χ0v) is 79.9. The third-order valence-electron chi connectivity index (χ3n) is 22.0. The minimum Gasteiger partial charge on any atom is -0.494 e. The van der Waals surface area contributed by atoms with Gasteiger partial charge in [0.25, 0.3) is 0 Å². The van der Waals surface area contributed by atoms with Crippen LogP contribution in [0.1, 0.15) is 228 Å². The monoisotopic (exact) mass is 1910 g/mol. The highest BCUT2D eigenvalue weighted by atomic mass is 79.9. The lowest BCUT2D eigenvalue weighted by Gasteiger charge is -2.26. The van der Waals surface area contributed by atoms with Gasteiger partial charge in [0, 0.05) is 63.4 Å². The molecule has 6 aromatic heterocycles. The van der Waals surface area contributed by atoms with E-state index < -0.39 is 23.3 Å². The smallest absolute Gasteiger partial charge is 0.170 e. The van der Waals surface area contributed by atoms with Gasteiger partial charge in [0.05, 0.1) is 56.1 Å². The van der Waals surface area contributed by atoms with Crippen LogP contribution in [0.3, 0.4) is 0 Å². The second-order valence-corrected chi connectivity index (χ2v) is 38.9. The molecule has 0 spiro atoms. The molecular formula is C107H120Br2F4N8O2S4. The van der Waals surface area contributed by atoms with Gasteiger partial charge in [-0.2, -0.15) is 30.0 Å². The van der Waals surface area contributed by atoms with Crippen molar-refractivity contribution < 1.29 is 27.0 Å². The average Bonchev–Trinajstić information content (AvgIpc) is 1.62. The maximum Gasteiger partial charge on any atom is 0.170 e. The molecule has 14 aromatic rings. The molecule has 0 saturated heterocycles. The van der Waals surface area contributed by atoms with Crippen LogP contribution in [0.2, 0.25) is 0 Å². The van der Waals surface area contributed by atoms with Gasteiger partial charge in [-0.3, -0.25) is 0 Å². The summed E-state index contributed by atoms with van der Waals surface area (Å²) in [6.45, 7) is 23.4. The van der Waals surface area contributed by atoms with E-state index in [1.165, 1.54) is 155 Å². The van der Waals surface area contributed by atoms with Crippen molar-refractivity contribution in [1.82, 2.24) is 30.0 Å². The van der Waals surface area contributed by atoms with Gasteiger partial charge in [-0.1, -0.05) is 256 Å². The number of anilines is 6. The summed E-state index contributed by atoms with van der Waals surface area (Å²) in [7, 11) is 0. The molecule has 0 fully saturated rings. The summed E-state index contributed by atoms with van der Waals surface area (Å²) in [5, 5.41) is 18.8. The Morgan fingerprint density at radius 2 is 0.630 bits per heavy atom. The fourth-order valence-corrected chi connectivity index (χ4v) is 19.9. The number of nitrogens with zero attached hydrogens (tertiary/aromatic N) is 8. The fourth-order valence-electron chi connectivity index (χ4n) is 15.2. The van der Waals surface area contributed by atoms with Crippen molar-refractivity contribution in [2.45, 2.75) is 216 Å². The summed E-state index contributed by atoms with van der Waals surface area (Å²) in [5.74, 6) is -1.73. The molecule has 127 heavy (non-hydrogen) atoms. The largest absolute Gasteiger partial charge is 0.494 e. The number of aryl methyl sites for hydroxylation is 3. The van der Waals surface area contributed by atoms with Crippen molar-refractivity contribution in [3.63, 3.8) is 0 Å². The Morgan fingerprint density at radius 3 is 0.945 bits per heavy atom. The van der Waals surface area contributed by atoms with Crippen molar-refractivity contribution in [2.24, 2.45) is 0 Å². The van der Waals surface area contributed by atoms with E-state index in [2.05, 4.69) is 250 Å². The summed E-state index contributed by atoms with van der Waals surface area (Å²) < 4.78 is 77.0. The molecule has 666 valence electrons. The van der Waals surface area contributed by atoms with Crippen LogP contribution in [0.15, 0.2) is 221 Å². The zero-order chi connectivity index (χ0) is 88.5. The molecule has 8 aromatic carbocycles. The predicted octanol–water partition coefficient (Wildman–Crippen LogP) is 36.1. The fraction of sp³-hybridized carbons (Fsp3) is 0.327. The van der Waals surface area contributed by atoms with Crippen molar-refractivity contribution >= 4 is 164 Å². The molecule has 14 rings (SSSR count). The molecule has 0 aliphatic heterocycles. The highest BCUT2D eigenvalue weighted by molar-refractivity contribution is 9.11. The molecule has 6 heterocycles. The van der Waals surface area contributed by atoms with E-state index in [-0.39, 0.29) is 29.7 Å². The van der Waals surface area contributed by atoms with Crippen LogP contribution in [-0.2, 0) is 13.1 Å². The summed E-state index contributed by atoms with van der Waals surface area (Å²) in [6.07, 6.45) is 40.7. The first kappa shape index (κ1) is 97.8. The summed E-state index contributed by atoms with van der Waals surface area (Å²) >= 11 is 12.4. The van der Waals surface area contributed by atoms with E-state index in [4.69, 9.17) is 19.7 Å². The van der Waals surface area contributed by atoms with Crippen LogP contribution in [-0.4, -0.2) is 43.2 Å². The average molecular weight is 1910 g/mol. The number of benzene rings is 8. The standard InChI is InChI=1S/C54H60F2N4OS2.C30H35NO.C22H21Br2F2N3S2.CH4/c1-5-8-10-12-14-16-37-59-57-53-49(47-35-19-39(4)62-47)51(55)52(56)50(54(53)58-59)48-36-34-46(63-48)33-24-41-22-27-43(28-23-41)60(42-25-20-40(18-7-3)21-26-42)44-29-31-45(32-30-44)61-38-17-15-13-11-9-6-2;1-4-7-8-9-10-11-24-32-30-22-20-29(21-23-30)31(27-16-12-25(5-2)13-17-27)28-18-14-26(6-3)15-19-28;1-2-3-4-5-6-7-12-29-27-21-17(13-8-10-15(23)30-13)19(25)20(26)18(22(21)28-29)14-9-11-16(24)31-14;/h7,18-36H,5-6,8-17,37-38H2,1-4H3;5-6,12-23H,2-4,7-11,24H2,1H3;8-11H,2-7,12H2,1H3;1H4/b18-7+,33-24+;;;. The van der Waals surface area contributed by atoms with Crippen LogP contribution in [0.4, 0.5) is 51.7 Å². The number of rotatable bonds is 45. The van der Waals surface area contributed by atoms with E-state index in [0.29, 0.717) is 54.7 Å². The van der Waals surface area contributed by atoms with E-state index in [9.17, 15) is 0 Å². The predicted molar refractivity (Wildman–Crippen MR) is 546 cm³/mol. The van der Waals surface area contributed by atoms with Gasteiger partial charge in [-0.05, 0) is 245 Å². The second kappa shape index (κ2) is 50.8. The van der Waals surface area contributed by atoms with E-state index in [1.807, 2.05) is 74.5 Å². The number of halogens is 6. The van der Waals surface area contributed by atoms with E-state index in [1.54, 1.807) is 21.7 Å². The lowest BCUT2D eigenvalue weighted by Crippen LogP contribution is -2.10. The first-order valence-electron chi connectivity index (χ1n) is 44.8. The number of aromatic nitrogens is 6. The van der Waals surface area contributed by atoms with Crippen LogP contribution in [0.5, 0.6) is 11.5 Å². The number of allylic oxidation sites excluding steroid dienone is 1. The third-order valence-corrected chi connectivity index (χ3v) is 27.4. The summed E-state index contributed by atoms with van der Waals surface area (Å²) in [5.41, 5.74) is 13.1. The highest BCUT2D eigenvalue weighted by Gasteiger charge is 2.30. The molecule has 0 bridgehead atoms. The molecule has 0 aliphatic carbocycles. The summed E-state index contributed by atoms with van der Waals surface area (Å²) in [4.78, 5) is 12.2. The summed E-state index contributed by atoms with van der Waals surface area (Å²) in [6, 6.07) is 65.4. The molecule has 0 N–H and O–H groups in total. The number of ether oxygens (including phenoxy) is 2. The van der Waals surface area contributed by atoms with Crippen LogP contribution in [0.25, 0.3) is 94.2 Å². The number of unbranched alkanes of at least 4 members (excludes halogenated alkanes) is 20. The molecular weight excluding hydrogens is 1790 g/mol. The number of fused-ring (bicyclic) bond motifs is 2. The van der Waals surface area contributed by atoms with Gasteiger partial charge < -0.3 is 19.3 Å². The van der Waals surface area contributed by atoms with Crippen molar-refractivity contribution in [3.8, 4) is 53.3 Å². The molecule has 0 unspecified atom stereocenters. The van der Waals surface area contributed by atoms with Gasteiger partial charge >= 0.3 is 0 Å². The molecule has 0 radical (unpaired) electrons. The van der Waals surface area contributed by atoms with E-state index in [0.717, 1.165) is 143 Å². The third kappa shape index (κ3) is 27.2. The topological polar surface area (TPSA) is 86.4 Å². The highest BCUT2D eigenvalue weighted by Crippen LogP contribution is 2.47. The lowest BCUT2D eigenvalue weighted by molar-refractivity contribution is 0.304. The van der Waals surface area contributed by atoms with Gasteiger partial charge in [0.15, 0.2) is 23.3 Å². The Balaban J connectivity index is 0.000000204. The first-order chi connectivity index (χ1) is 61.6. The molecule has 0 aliphatic rings. The van der Waals surface area contributed by atoms with Gasteiger partial charge in [0.2, 0.25) is 0 Å². The Bertz CT molecular complexity index is 5660. The Hall–Kier alpha value is -9.80. The SMILES string of the molecule is C.C/C=C/c1ccc(N(c2ccc(/C=C/c3ccc(-c4c(F)c(F)c(-c5ccc(C)s5)c5nn(CCCCCCCC)nc45)s3)cc2)c2ccc(OCCCCCCCC)cc2)cc1.C=Cc1ccc(N(c2ccc(C=C)cc2)c2ccc(OCCCCCCCC)cc2)cc1.CCCCCCCCn1nc2c(-c3ccc(Br)s3)c(F)c(F)c(-c3ccc(Br)s3)c2n1. The minimum atomic E-state index is -0.889. The lowest BCUT2D eigenvalue weighted by atomic mass is 10.0. The second-order valence-electron chi connectivity index (χ2n) is 31.6. The van der Waals surface area contributed by atoms with Crippen LogP contribution in [0, 0.1) is 30.2 Å². The number of hydrogen-bond donors (Lipinski definition) is 0. The Kier molecular flexibility index (Phi) is 39.1. The van der Waals surface area contributed by atoms with Gasteiger partial charge in [-0.25, -0.2) is 17.6 Å². The molecule has 0 saturated carbocycles. The molecule has 0 atom stereocenters. The Morgan fingerprint density at radius 1 is 0.339 bits per heavy atom. The van der Waals surface area contributed by atoms with Gasteiger partial charge in [-0.15, -0.1) is 45.3 Å². The molecule has 10 nitrogen and oxygen atoms in total. The van der Waals surface area contributed by atoms with Crippen LogP contribution < -0.4 is 19.3 Å². The minimum absolute atomic E-state index is 0. The number of thiophene rings is 4. The maximum absolute atomic E-state index is 16.3. The van der Waals surface area contributed by atoms with Crippen molar-refractivity contribution in [2.75, 3.05) is 23.0 Å². The first-order valence-corrected chi connectivity index (χ1v) is 49.7. The van der Waals surface area contributed by atoms with Crippen LogP contribution >= 0.6 is 77.2 Å². The van der Waals surface area contributed by atoms with Gasteiger partial charge in [0.1, 0.15) is 33.6 Å².